The highest BCUT2D eigenvalue weighted by atomic mass is 16.1. The van der Waals surface area contributed by atoms with Crippen LogP contribution in [0.5, 0.6) is 0 Å². The molecule has 0 aromatic heterocycles. The third-order valence-corrected chi connectivity index (χ3v) is 3.64. The fourth-order valence-electron chi connectivity index (χ4n) is 2.43. The Labute approximate surface area is 109 Å². The van der Waals surface area contributed by atoms with Crippen LogP contribution in [-0.2, 0) is 4.79 Å². The first-order valence-electron chi connectivity index (χ1n) is 6.69. The number of benzene rings is 1. The minimum Gasteiger partial charge on any atom is -0.300 e. The lowest BCUT2D eigenvalue weighted by molar-refractivity contribution is -0.121. The summed E-state index contributed by atoms with van der Waals surface area (Å²) in [7, 11) is 2.15. The second-order valence-electron chi connectivity index (χ2n) is 5.02. The molecule has 2 nitrogen and oxygen atoms in total. The molecule has 2 heteroatoms. The van der Waals surface area contributed by atoms with Crippen LogP contribution >= 0.6 is 0 Å². The monoisotopic (exact) mass is 243 g/mol. The van der Waals surface area contributed by atoms with Gasteiger partial charge >= 0.3 is 0 Å². The molecule has 96 valence electrons. The summed E-state index contributed by atoms with van der Waals surface area (Å²) in [6.07, 6.45) is 7.92. The number of rotatable bonds is 4. The zero-order valence-electron chi connectivity index (χ0n) is 11.0. The average molecular weight is 243 g/mol. The summed E-state index contributed by atoms with van der Waals surface area (Å²) >= 11 is 0. The first-order chi connectivity index (χ1) is 8.75. The fourth-order valence-corrected chi connectivity index (χ4v) is 2.43. The highest BCUT2D eigenvalue weighted by molar-refractivity contribution is 5.79. The van der Waals surface area contributed by atoms with Crippen LogP contribution in [0.25, 0.3) is 6.08 Å². The van der Waals surface area contributed by atoms with Gasteiger partial charge in [-0.15, -0.1) is 0 Å². The van der Waals surface area contributed by atoms with Crippen LogP contribution in [0.2, 0.25) is 0 Å². The summed E-state index contributed by atoms with van der Waals surface area (Å²) in [6, 6.07) is 10.9. The van der Waals surface area contributed by atoms with E-state index in [0.29, 0.717) is 11.8 Å². The van der Waals surface area contributed by atoms with Gasteiger partial charge in [-0.1, -0.05) is 42.5 Å². The van der Waals surface area contributed by atoms with Gasteiger partial charge in [-0.05, 0) is 25.5 Å². The molecule has 1 aromatic carbocycles. The molecule has 1 aliphatic carbocycles. The Bertz CT molecular complexity index is 400. The van der Waals surface area contributed by atoms with E-state index in [4.69, 9.17) is 0 Å². The van der Waals surface area contributed by atoms with Crippen molar-refractivity contribution in [3.63, 3.8) is 0 Å². The number of carbonyl (C=O) groups excluding carboxylic acids is 1. The predicted octanol–water partition coefficient (Wildman–Crippen LogP) is 3.14. The molecule has 1 fully saturated rings. The van der Waals surface area contributed by atoms with E-state index in [2.05, 4.69) is 48.4 Å². The highest BCUT2D eigenvalue weighted by Gasteiger charge is 2.21. The van der Waals surface area contributed by atoms with Gasteiger partial charge in [-0.3, -0.25) is 9.69 Å². The molecule has 0 amide bonds. The highest BCUT2D eigenvalue weighted by Crippen LogP contribution is 2.19. The molecule has 0 saturated heterocycles. The van der Waals surface area contributed by atoms with Crippen LogP contribution in [0, 0.1) is 0 Å². The van der Waals surface area contributed by atoms with Gasteiger partial charge in [0.1, 0.15) is 5.78 Å². The molecular formula is C16H21NO. The number of hydrogen-bond acceptors (Lipinski definition) is 2. The summed E-state index contributed by atoms with van der Waals surface area (Å²) in [5.74, 6) is 0.430. The minimum atomic E-state index is 0.430. The second-order valence-corrected chi connectivity index (χ2v) is 5.02. The first kappa shape index (κ1) is 13.0. The SMILES string of the molecule is CN(CC=Cc1ccccc1)C1CCC(=O)CC1. The maximum Gasteiger partial charge on any atom is 0.133 e. The molecule has 0 heterocycles. The number of likely N-dealkylation sites (N-methyl/N-ethyl adjacent to an activating group) is 1. The van der Waals surface area contributed by atoms with Crippen LogP contribution < -0.4 is 0 Å². The Kier molecular flexibility index (Phi) is 4.71. The molecule has 0 aliphatic heterocycles. The lowest BCUT2D eigenvalue weighted by Crippen LogP contribution is -2.35. The molecule has 1 aliphatic rings. The lowest BCUT2D eigenvalue weighted by atomic mass is 9.93. The van der Waals surface area contributed by atoms with Crippen molar-refractivity contribution in [3.8, 4) is 0 Å². The van der Waals surface area contributed by atoms with Gasteiger partial charge in [0.25, 0.3) is 0 Å². The lowest BCUT2D eigenvalue weighted by Gasteiger charge is -2.29. The Balaban J connectivity index is 1.79. The summed E-state index contributed by atoms with van der Waals surface area (Å²) in [5, 5.41) is 0. The maximum absolute atomic E-state index is 11.2. The Morgan fingerprint density at radius 3 is 2.56 bits per heavy atom. The van der Waals surface area contributed by atoms with E-state index in [1.165, 1.54) is 5.56 Å². The van der Waals surface area contributed by atoms with Crippen LogP contribution in [0.3, 0.4) is 0 Å². The summed E-state index contributed by atoms with van der Waals surface area (Å²) in [5.41, 5.74) is 1.24. The maximum atomic E-state index is 11.2. The molecule has 0 atom stereocenters. The molecule has 0 radical (unpaired) electrons. The van der Waals surface area contributed by atoms with E-state index in [-0.39, 0.29) is 0 Å². The van der Waals surface area contributed by atoms with Crippen LogP contribution in [0.4, 0.5) is 0 Å². The molecule has 0 spiro atoms. The van der Waals surface area contributed by atoms with E-state index in [1.807, 2.05) is 6.07 Å². The second kappa shape index (κ2) is 6.50. The van der Waals surface area contributed by atoms with Gasteiger partial charge in [0.05, 0.1) is 0 Å². The van der Waals surface area contributed by atoms with E-state index in [1.54, 1.807) is 0 Å². The minimum absolute atomic E-state index is 0.430. The largest absolute Gasteiger partial charge is 0.300 e. The molecule has 1 aromatic rings. The van der Waals surface area contributed by atoms with Crippen molar-refractivity contribution in [2.45, 2.75) is 31.7 Å². The quantitative estimate of drug-likeness (QED) is 0.809. The fraction of sp³-hybridized carbons (Fsp3) is 0.438. The van der Waals surface area contributed by atoms with Crippen molar-refractivity contribution in [3.05, 3.63) is 42.0 Å². The molecule has 0 N–H and O–H groups in total. The number of Topliss-reactive ketones (excluding diaryl/α,β-unsaturated/α-hetero) is 1. The molecule has 0 bridgehead atoms. The van der Waals surface area contributed by atoms with Crippen LogP contribution in [-0.4, -0.2) is 30.3 Å². The zero-order chi connectivity index (χ0) is 12.8. The van der Waals surface area contributed by atoms with Gasteiger partial charge in [-0.2, -0.15) is 0 Å². The molecule has 18 heavy (non-hydrogen) atoms. The Hall–Kier alpha value is -1.41. The van der Waals surface area contributed by atoms with Crippen molar-refractivity contribution in [1.29, 1.82) is 0 Å². The number of nitrogens with zero attached hydrogens (tertiary/aromatic N) is 1. The number of carbonyl (C=O) groups is 1. The number of hydrogen-bond donors (Lipinski definition) is 0. The van der Waals surface area contributed by atoms with E-state index < -0.39 is 0 Å². The summed E-state index contributed by atoms with van der Waals surface area (Å²) < 4.78 is 0. The van der Waals surface area contributed by atoms with Crippen molar-refractivity contribution in [1.82, 2.24) is 4.90 Å². The average Bonchev–Trinajstić information content (AvgIpc) is 2.40. The summed E-state index contributed by atoms with van der Waals surface area (Å²) in [6.45, 7) is 0.952. The number of ketones is 1. The van der Waals surface area contributed by atoms with Gasteiger partial charge in [0.2, 0.25) is 0 Å². The van der Waals surface area contributed by atoms with Crippen LogP contribution in [0.15, 0.2) is 36.4 Å². The Morgan fingerprint density at radius 1 is 1.22 bits per heavy atom. The van der Waals surface area contributed by atoms with E-state index in [0.717, 1.165) is 32.2 Å². The van der Waals surface area contributed by atoms with Crippen molar-refractivity contribution in [2.24, 2.45) is 0 Å². The van der Waals surface area contributed by atoms with Crippen molar-refractivity contribution < 1.29 is 4.79 Å². The van der Waals surface area contributed by atoms with Crippen LogP contribution in [0.1, 0.15) is 31.2 Å². The third-order valence-electron chi connectivity index (χ3n) is 3.64. The molecule has 2 rings (SSSR count). The Morgan fingerprint density at radius 2 is 1.89 bits per heavy atom. The van der Waals surface area contributed by atoms with E-state index in [9.17, 15) is 4.79 Å². The van der Waals surface area contributed by atoms with Gasteiger partial charge < -0.3 is 0 Å². The van der Waals surface area contributed by atoms with E-state index >= 15 is 0 Å². The van der Waals surface area contributed by atoms with Crippen molar-refractivity contribution in [2.75, 3.05) is 13.6 Å². The van der Waals surface area contributed by atoms with Gasteiger partial charge in [-0.25, -0.2) is 0 Å². The topological polar surface area (TPSA) is 20.3 Å². The third kappa shape index (κ3) is 3.81. The molecule has 1 saturated carbocycles. The normalized spacial score (nSPS) is 17.8. The first-order valence-corrected chi connectivity index (χ1v) is 6.69. The zero-order valence-corrected chi connectivity index (χ0v) is 11.0. The predicted molar refractivity (Wildman–Crippen MR) is 75.4 cm³/mol. The standard InChI is InChI=1S/C16H21NO/c1-17(15-9-11-16(18)12-10-15)13-5-8-14-6-3-2-4-7-14/h2-8,15H,9-13H2,1H3. The summed E-state index contributed by atoms with van der Waals surface area (Å²) in [4.78, 5) is 13.6. The van der Waals surface area contributed by atoms with Gasteiger partial charge in [0, 0.05) is 25.4 Å². The molecule has 0 unspecified atom stereocenters. The smallest absolute Gasteiger partial charge is 0.133 e. The van der Waals surface area contributed by atoms with Gasteiger partial charge in [0.15, 0.2) is 0 Å². The van der Waals surface area contributed by atoms with Crippen molar-refractivity contribution >= 4 is 11.9 Å². The molecular weight excluding hydrogens is 222 g/mol.